The lowest BCUT2D eigenvalue weighted by atomic mass is 9.95. The SMILES string of the molecule is N#Cc1c([C@@H](NS(=O)[O-])c2ccccc2)ccc(Oc2ncccc2-c2ccnc(N[C@H]3CCCNC3)n2)c1F. The maximum absolute atomic E-state index is 15.7. The molecule has 4 aromatic rings. The number of aromatic nitrogens is 3. The van der Waals surface area contributed by atoms with Crippen LogP contribution < -0.4 is 20.1 Å². The van der Waals surface area contributed by atoms with Gasteiger partial charge in [-0.05, 0) is 54.8 Å². The van der Waals surface area contributed by atoms with Gasteiger partial charge in [-0.15, -0.1) is 0 Å². The van der Waals surface area contributed by atoms with Crippen LogP contribution in [-0.2, 0) is 11.3 Å². The third-order valence-electron chi connectivity index (χ3n) is 6.45. The summed E-state index contributed by atoms with van der Waals surface area (Å²) in [5, 5.41) is 16.5. The van der Waals surface area contributed by atoms with Gasteiger partial charge in [-0.1, -0.05) is 36.4 Å². The Kier molecular flexibility index (Phi) is 8.68. The molecule has 0 amide bonds. The van der Waals surface area contributed by atoms with Crippen LogP contribution in [0.15, 0.2) is 73.1 Å². The summed E-state index contributed by atoms with van der Waals surface area (Å²) in [6.45, 7) is 1.80. The van der Waals surface area contributed by atoms with Gasteiger partial charge in [0, 0.05) is 36.2 Å². The van der Waals surface area contributed by atoms with Crippen molar-refractivity contribution < 1.29 is 17.9 Å². The van der Waals surface area contributed by atoms with Gasteiger partial charge in [-0.2, -0.15) is 5.26 Å². The summed E-state index contributed by atoms with van der Waals surface area (Å²) in [7, 11) is 0. The van der Waals surface area contributed by atoms with Gasteiger partial charge in [0.25, 0.3) is 0 Å². The van der Waals surface area contributed by atoms with Crippen molar-refractivity contribution in [2.45, 2.75) is 24.9 Å². The molecule has 2 aromatic carbocycles. The van der Waals surface area contributed by atoms with Crippen LogP contribution in [0.4, 0.5) is 10.3 Å². The summed E-state index contributed by atoms with van der Waals surface area (Å²) in [5.41, 5.74) is 1.36. The number of pyridine rings is 1. The second-order valence-corrected chi connectivity index (χ2v) is 9.77. The van der Waals surface area contributed by atoms with Crippen LogP contribution in [0.3, 0.4) is 0 Å². The Balaban J connectivity index is 1.46. The number of halogens is 1. The molecule has 40 heavy (non-hydrogen) atoms. The molecule has 0 radical (unpaired) electrons. The number of piperidine rings is 1. The highest BCUT2D eigenvalue weighted by atomic mass is 32.2. The van der Waals surface area contributed by atoms with Crippen LogP contribution in [0.25, 0.3) is 11.3 Å². The molecule has 3 heterocycles. The van der Waals surface area contributed by atoms with Crippen molar-refractivity contribution in [1.29, 1.82) is 5.26 Å². The molecule has 12 heteroatoms. The van der Waals surface area contributed by atoms with E-state index in [2.05, 4.69) is 30.3 Å². The molecule has 0 saturated carbocycles. The largest absolute Gasteiger partial charge is 0.760 e. The molecule has 0 bridgehead atoms. The van der Waals surface area contributed by atoms with E-state index in [9.17, 15) is 14.0 Å². The van der Waals surface area contributed by atoms with E-state index in [1.807, 2.05) is 6.07 Å². The number of rotatable bonds is 9. The Morgan fingerprint density at radius 3 is 2.73 bits per heavy atom. The quantitative estimate of drug-likeness (QED) is 0.259. The minimum Gasteiger partial charge on any atom is -0.760 e. The first-order valence-corrected chi connectivity index (χ1v) is 13.7. The minimum atomic E-state index is -2.67. The zero-order chi connectivity index (χ0) is 27.9. The predicted molar refractivity (Wildman–Crippen MR) is 146 cm³/mol. The Hall–Kier alpha value is -4.28. The fourth-order valence-electron chi connectivity index (χ4n) is 4.56. The Morgan fingerprint density at radius 1 is 1.12 bits per heavy atom. The number of nitrogens with one attached hydrogen (secondary N) is 3. The number of hydrogen-bond acceptors (Lipinski definition) is 9. The zero-order valence-electron chi connectivity index (χ0n) is 21.2. The molecule has 1 aliphatic rings. The molecule has 5 rings (SSSR count). The maximum atomic E-state index is 15.7. The van der Waals surface area contributed by atoms with E-state index in [1.54, 1.807) is 54.7 Å². The highest BCUT2D eigenvalue weighted by Crippen LogP contribution is 2.35. The monoisotopic (exact) mass is 558 g/mol. The molecule has 0 spiro atoms. The molecule has 0 aliphatic carbocycles. The maximum Gasteiger partial charge on any atom is 0.228 e. The number of nitrogens with zero attached hydrogens (tertiary/aromatic N) is 4. The molecule has 1 unspecified atom stereocenters. The second-order valence-electron chi connectivity index (χ2n) is 9.06. The van der Waals surface area contributed by atoms with Crippen LogP contribution in [-0.4, -0.2) is 42.8 Å². The molecule has 204 valence electrons. The van der Waals surface area contributed by atoms with Gasteiger partial charge in [0.15, 0.2) is 11.6 Å². The molecule has 3 atom stereocenters. The summed E-state index contributed by atoms with van der Waals surface area (Å²) in [5.74, 6) is -0.638. The third kappa shape index (κ3) is 6.30. The highest BCUT2D eigenvalue weighted by Gasteiger charge is 2.24. The zero-order valence-corrected chi connectivity index (χ0v) is 22.0. The van der Waals surface area contributed by atoms with Crippen molar-refractivity contribution in [2.24, 2.45) is 0 Å². The number of nitriles is 1. The lowest BCUT2D eigenvalue weighted by Gasteiger charge is -2.23. The lowest BCUT2D eigenvalue weighted by molar-refractivity contribution is 0.427. The molecule has 1 saturated heterocycles. The van der Waals surface area contributed by atoms with Crippen molar-refractivity contribution in [3.63, 3.8) is 0 Å². The smallest absolute Gasteiger partial charge is 0.228 e. The molecule has 1 fully saturated rings. The Bertz CT molecular complexity index is 1540. The number of hydrogen-bond donors (Lipinski definition) is 3. The molecule has 2 aromatic heterocycles. The standard InChI is InChI=1S/C28H26FN7O3S/c29-25-22(16-30)20(26(36-40(37)38)18-6-2-1-3-7-18)10-11-24(25)39-27-21(9-5-14-32-27)23-12-15-33-28(35-23)34-19-8-4-13-31-17-19/h1-3,5-7,9-12,14-15,19,26,31,36H,4,8,13,17H2,(H,37,38)(H,33,34,35)/p-1/t19-,26-/m0/s1. The van der Waals surface area contributed by atoms with Gasteiger partial charge < -0.3 is 19.9 Å². The summed E-state index contributed by atoms with van der Waals surface area (Å²) in [6.07, 6.45) is 5.19. The first kappa shape index (κ1) is 27.3. The van der Waals surface area contributed by atoms with E-state index in [0.29, 0.717) is 22.8 Å². The van der Waals surface area contributed by atoms with Gasteiger partial charge >= 0.3 is 0 Å². The minimum absolute atomic E-state index is 0.0837. The van der Waals surface area contributed by atoms with Crippen LogP contribution >= 0.6 is 0 Å². The van der Waals surface area contributed by atoms with Crippen molar-refractivity contribution >= 4 is 17.2 Å². The number of benzene rings is 2. The first-order chi connectivity index (χ1) is 19.5. The van der Waals surface area contributed by atoms with Gasteiger partial charge in [-0.3, -0.25) is 4.21 Å². The normalized spacial score (nSPS) is 16.5. The van der Waals surface area contributed by atoms with Crippen molar-refractivity contribution in [1.82, 2.24) is 25.0 Å². The molecule has 1 aliphatic heterocycles. The molecular weight excluding hydrogens is 533 g/mol. The average molecular weight is 559 g/mol. The van der Waals surface area contributed by atoms with Crippen LogP contribution in [0.2, 0.25) is 0 Å². The second kappa shape index (κ2) is 12.7. The lowest BCUT2D eigenvalue weighted by Crippen LogP contribution is -2.38. The van der Waals surface area contributed by atoms with Gasteiger partial charge in [0.1, 0.15) is 6.07 Å². The van der Waals surface area contributed by atoms with Crippen LogP contribution in [0.5, 0.6) is 11.6 Å². The van der Waals surface area contributed by atoms with Gasteiger partial charge in [0.2, 0.25) is 11.8 Å². The van der Waals surface area contributed by atoms with E-state index < -0.39 is 23.1 Å². The van der Waals surface area contributed by atoms with Crippen molar-refractivity contribution in [3.05, 3.63) is 95.6 Å². The predicted octanol–water partition coefficient (Wildman–Crippen LogP) is 3.98. The van der Waals surface area contributed by atoms with E-state index in [0.717, 1.165) is 25.9 Å². The Morgan fingerprint density at radius 2 is 1.98 bits per heavy atom. The Labute approximate surface area is 233 Å². The molecule has 3 N–H and O–H groups in total. The topological polar surface area (TPSA) is 148 Å². The van der Waals surface area contributed by atoms with E-state index in [1.165, 1.54) is 18.3 Å². The number of ether oxygens (including phenoxy) is 1. The summed E-state index contributed by atoms with van der Waals surface area (Å²) in [6, 6.07) is 17.6. The average Bonchev–Trinajstić information content (AvgIpc) is 2.98. The van der Waals surface area contributed by atoms with Gasteiger partial charge in [0.05, 0.1) is 22.9 Å². The summed E-state index contributed by atoms with van der Waals surface area (Å²) < 4.78 is 47.0. The van der Waals surface area contributed by atoms with E-state index in [-0.39, 0.29) is 28.8 Å². The van der Waals surface area contributed by atoms with Gasteiger partial charge in [-0.25, -0.2) is 24.1 Å². The van der Waals surface area contributed by atoms with Crippen LogP contribution in [0.1, 0.15) is 35.6 Å². The fraction of sp³-hybridized carbons (Fsp3) is 0.214. The molecule has 10 nitrogen and oxygen atoms in total. The highest BCUT2D eigenvalue weighted by molar-refractivity contribution is 7.77. The van der Waals surface area contributed by atoms with Crippen molar-refractivity contribution in [2.75, 3.05) is 18.4 Å². The third-order valence-corrected chi connectivity index (χ3v) is 6.88. The number of anilines is 1. The van der Waals surface area contributed by atoms with Crippen LogP contribution in [0, 0.1) is 17.1 Å². The molecular formula is C28H25FN7O3S-. The van der Waals surface area contributed by atoms with E-state index >= 15 is 4.39 Å². The van der Waals surface area contributed by atoms with E-state index in [4.69, 9.17) is 4.74 Å². The fourth-order valence-corrected chi connectivity index (χ4v) is 5.02. The summed E-state index contributed by atoms with van der Waals surface area (Å²) >= 11 is -2.67. The first-order valence-electron chi connectivity index (χ1n) is 12.6. The van der Waals surface area contributed by atoms with Crippen molar-refractivity contribution in [3.8, 4) is 29.0 Å². The summed E-state index contributed by atoms with van der Waals surface area (Å²) in [4.78, 5) is 13.2.